The lowest BCUT2D eigenvalue weighted by molar-refractivity contribution is -0.161. The molecule has 0 aromatic heterocycles. The second kappa shape index (κ2) is 44.7. The Bertz CT molecular complexity index is 822. The fourth-order valence-corrected chi connectivity index (χ4v) is 9.61. The van der Waals surface area contributed by atoms with Crippen LogP contribution in [0.5, 0.6) is 0 Å². The summed E-state index contributed by atoms with van der Waals surface area (Å²) in [6.45, 7) is 9.11. The lowest BCUT2D eigenvalue weighted by Crippen LogP contribution is -2.46. The minimum absolute atomic E-state index is 0.0115. The molecular weight excluding hydrogens is 697 g/mol. The molecule has 57 heavy (non-hydrogen) atoms. The first-order chi connectivity index (χ1) is 28.0. The molecule has 0 aromatic carbocycles. The van der Waals surface area contributed by atoms with Crippen molar-refractivity contribution < 1.29 is 14.7 Å². The van der Waals surface area contributed by atoms with E-state index in [1.54, 1.807) is 0 Å². The largest absolute Gasteiger partial charge is 0.480 e. The number of Topliss-reactive ketones (excluding diaryl/α,β-unsaturated/α-hetero) is 1. The van der Waals surface area contributed by atoms with Crippen LogP contribution in [0, 0.1) is 11.3 Å². The average Bonchev–Trinajstić information content (AvgIpc) is 3.21. The fraction of sp³-hybridized carbons (Fsp3) is 0.963. The Balaban J connectivity index is 5.17. The summed E-state index contributed by atoms with van der Waals surface area (Å²) in [6, 6.07) is 0. The Morgan fingerprint density at radius 2 is 0.561 bits per heavy atom. The normalized spacial score (nSPS) is 13.3. The summed E-state index contributed by atoms with van der Waals surface area (Å²) in [5, 5.41) is 11.1. The Morgan fingerprint density at radius 1 is 0.333 bits per heavy atom. The number of aliphatic carboxylic acids is 1. The van der Waals surface area contributed by atoms with Crippen LogP contribution < -0.4 is 0 Å². The quantitative estimate of drug-likeness (QED) is 0.0492. The third kappa shape index (κ3) is 33.5. The van der Waals surface area contributed by atoms with Gasteiger partial charge in [-0.25, -0.2) is 0 Å². The van der Waals surface area contributed by atoms with Gasteiger partial charge in [0.25, 0.3) is 0 Å². The van der Waals surface area contributed by atoms with Crippen LogP contribution in [0.15, 0.2) is 0 Å². The Morgan fingerprint density at radius 3 is 0.825 bits per heavy atom. The van der Waals surface area contributed by atoms with Gasteiger partial charge in [0.15, 0.2) is 0 Å². The minimum Gasteiger partial charge on any atom is -0.480 e. The first kappa shape index (κ1) is 56.1. The highest BCUT2D eigenvalue weighted by atomic mass is 16.4. The third-order valence-electron chi connectivity index (χ3n) is 13.6. The molecule has 2 unspecified atom stereocenters. The van der Waals surface area contributed by atoms with Crippen molar-refractivity contribution in [3.63, 3.8) is 0 Å². The van der Waals surface area contributed by atoms with Gasteiger partial charge >= 0.3 is 5.97 Å². The topological polar surface area (TPSA) is 54.4 Å². The van der Waals surface area contributed by atoms with Crippen molar-refractivity contribution >= 4 is 11.8 Å². The zero-order valence-corrected chi connectivity index (χ0v) is 39.9. The number of carbonyl (C=O) groups excluding carboxylic acids is 1. The van der Waals surface area contributed by atoms with Crippen LogP contribution in [-0.2, 0) is 9.59 Å². The van der Waals surface area contributed by atoms with Gasteiger partial charge in [-0.05, 0) is 31.6 Å². The maximum atomic E-state index is 14.4. The van der Waals surface area contributed by atoms with Crippen LogP contribution in [0.25, 0.3) is 0 Å². The summed E-state index contributed by atoms with van der Waals surface area (Å²) in [5.41, 5.74) is -1.18. The molecular formula is C54H106O3. The summed E-state index contributed by atoms with van der Waals surface area (Å²) >= 11 is 0. The summed E-state index contributed by atoms with van der Waals surface area (Å²) in [5.74, 6) is -0.719. The van der Waals surface area contributed by atoms with E-state index in [9.17, 15) is 14.7 Å². The molecule has 0 saturated heterocycles. The zero-order chi connectivity index (χ0) is 41.8. The number of carboxylic acid groups (broad SMARTS) is 1. The SMILES string of the molecule is CCCCCCCCCCCCCCCCCC(=O)C(CCCCCCCCCCCCCCCC)(C(=O)O)C(CCCCCCCC)CCCCCCCCC. The van der Waals surface area contributed by atoms with Crippen molar-refractivity contribution in [3.05, 3.63) is 0 Å². The van der Waals surface area contributed by atoms with E-state index in [4.69, 9.17) is 0 Å². The lowest BCUT2D eigenvalue weighted by Gasteiger charge is -2.37. The van der Waals surface area contributed by atoms with E-state index in [0.29, 0.717) is 12.8 Å². The molecule has 0 rings (SSSR count). The van der Waals surface area contributed by atoms with E-state index in [2.05, 4.69) is 27.7 Å². The number of carboxylic acids is 1. The first-order valence-corrected chi connectivity index (χ1v) is 26.8. The molecule has 340 valence electrons. The van der Waals surface area contributed by atoms with Crippen molar-refractivity contribution in [2.24, 2.45) is 11.3 Å². The first-order valence-electron chi connectivity index (χ1n) is 26.8. The fourth-order valence-electron chi connectivity index (χ4n) is 9.61. The highest BCUT2D eigenvalue weighted by Crippen LogP contribution is 2.43. The van der Waals surface area contributed by atoms with Gasteiger partial charge in [0, 0.05) is 6.42 Å². The Hall–Kier alpha value is -0.860. The Kier molecular flexibility index (Phi) is 44.0. The maximum absolute atomic E-state index is 14.4. The molecule has 0 spiro atoms. The highest BCUT2D eigenvalue weighted by molar-refractivity contribution is 6.03. The third-order valence-corrected chi connectivity index (χ3v) is 13.6. The summed E-state index contributed by atoms with van der Waals surface area (Å²) < 4.78 is 0. The number of hydrogen-bond donors (Lipinski definition) is 1. The van der Waals surface area contributed by atoms with Gasteiger partial charge in [-0.15, -0.1) is 0 Å². The molecule has 0 aromatic rings. The molecule has 0 bridgehead atoms. The maximum Gasteiger partial charge on any atom is 0.317 e. The second-order valence-electron chi connectivity index (χ2n) is 18.9. The number of unbranched alkanes of at least 4 members (excludes halogenated alkanes) is 38. The predicted molar refractivity (Wildman–Crippen MR) is 254 cm³/mol. The lowest BCUT2D eigenvalue weighted by atomic mass is 9.64. The second-order valence-corrected chi connectivity index (χ2v) is 18.9. The van der Waals surface area contributed by atoms with Crippen molar-refractivity contribution in [1.82, 2.24) is 0 Å². The van der Waals surface area contributed by atoms with Crippen molar-refractivity contribution in [3.8, 4) is 0 Å². The van der Waals surface area contributed by atoms with Crippen LogP contribution >= 0.6 is 0 Å². The van der Waals surface area contributed by atoms with Crippen molar-refractivity contribution in [2.75, 3.05) is 0 Å². The highest BCUT2D eigenvalue weighted by Gasteiger charge is 2.50. The average molecular weight is 803 g/mol. The van der Waals surface area contributed by atoms with Crippen LogP contribution in [0.3, 0.4) is 0 Å². The van der Waals surface area contributed by atoms with Gasteiger partial charge < -0.3 is 5.11 Å². The minimum atomic E-state index is -1.18. The van der Waals surface area contributed by atoms with Crippen molar-refractivity contribution in [2.45, 2.75) is 323 Å². The molecule has 0 amide bonds. The number of carbonyl (C=O) groups is 2. The molecule has 3 nitrogen and oxygen atoms in total. The number of ketones is 1. The molecule has 0 saturated carbocycles. The molecule has 0 fully saturated rings. The zero-order valence-electron chi connectivity index (χ0n) is 39.9. The van der Waals surface area contributed by atoms with Crippen LogP contribution in [0.1, 0.15) is 323 Å². The molecule has 0 heterocycles. The van der Waals surface area contributed by atoms with E-state index < -0.39 is 11.4 Å². The van der Waals surface area contributed by atoms with E-state index in [0.717, 1.165) is 51.4 Å². The number of rotatable bonds is 49. The van der Waals surface area contributed by atoms with Crippen LogP contribution in [-0.4, -0.2) is 16.9 Å². The number of hydrogen-bond acceptors (Lipinski definition) is 2. The van der Waals surface area contributed by atoms with E-state index in [1.165, 1.54) is 231 Å². The molecule has 0 aliphatic heterocycles. The van der Waals surface area contributed by atoms with Gasteiger partial charge in [0.2, 0.25) is 0 Å². The van der Waals surface area contributed by atoms with Gasteiger partial charge in [0.05, 0.1) is 0 Å². The van der Waals surface area contributed by atoms with Gasteiger partial charge in [-0.1, -0.05) is 291 Å². The standard InChI is InChI=1S/C54H106O3/c1-5-9-13-17-21-23-25-27-29-30-32-34-37-41-45-49-52(55)54(53(56)57,50-46-42-38-35-33-31-28-26-24-22-18-14-10-6-2)51(47-43-39-20-16-12-8-4)48-44-40-36-19-15-11-7-3/h51H,5-50H2,1-4H3,(H,56,57). The monoisotopic (exact) mass is 803 g/mol. The van der Waals surface area contributed by atoms with Gasteiger partial charge in [0.1, 0.15) is 11.2 Å². The molecule has 0 radical (unpaired) electrons. The molecule has 2 atom stereocenters. The van der Waals surface area contributed by atoms with Crippen molar-refractivity contribution in [1.29, 1.82) is 0 Å². The molecule has 0 aliphatic carbocycles. The van der Waals surface area contributed by atoms with Gasteiger partial charge in [-0.3, -0.25) is 9.59 Å². The van der Waals surface area contributed by atoms with Gasteiger partial charge in [-0.2, -0.15) is 0 Å². The Labute approximate surface area is 359 Å². The van der Waals surface area contributed by atoms with E-state index in [-0.39, 0.29) is 11.7 Å². The molecule has 3 heteroatoms. The summed E-state index contributed by atoms with van der Waals surface area (Å²) in [6.07, 6.45) is 56.5. The van der Waals surface area contributed by atoms with Crippen LogP contribution in [0.2, 0.25) is 0 Å². The van der Waals surface area contributed by atoms with Crippen LogP contribution in [0.4, 0.5) is 0 Å². The summed E-state index contributed by atoms with van der Waals surface area (Å²) in [7, 11) is 0. The summed E-state index contributed by atoms with van der Waals surface area (Å²) in [4.78, 5) is 28.0. The predicted octanol–water partition coefficient (Wildman–Crippen LogP) is 19.3. The molecule has 1 N–H and O–H groups in total. The molecule has 0 aliphatic rings. The van der Waals surface area contributed by atoms with E-state index in [1.807, 2.05) is 0 Å². The van der Waals surface area contributed by atoms with E-state index >= 15 is 0 Å². The smallest absolute Gasteiger partial charge is 0.317 e.